The van der Waals surface area contributed by atoms with Crippen molar-refractivity contribution < 1.29 is 23.6 Å². The number of carbonyl (C=O) groups is 2. The van der Waals surface area contributed by atoms with Gasteiger partial charge in [0.2, 0.25) is 6.41 Å². The Morgan fingerprint density at radius 1 is 1.05 bits per heavy atom. The first-order chi connectivity index (χ1) is 19.7. The maximum absolute atomic E-state index is 13.7. The number of ether oxygens (including phenoxy) is 1. The van der Waals surface area contributed by atoms with E-state index in [0.29, 0.717) is 31.5 Å². The fourth-order valence-corrected chi connectivity index (χ4v) is 3.48. The van der Waals surface area contributed by atoms with Crippen molar-refractivity contribution in [2.75, 3.05) is 7.11 Å². The summed E-state index contributed by atoms with van der Waals surface area (Å²) in [4.78, 5) is 35.5. The van der Waals surface area contributed by atoms with E-state index in [4.69, 9.17) is 9.57 Å². The molecule has 226 valence electrons. The third-order valence-electron chi connectivity index (χ3n) is 5.90. The van der Waals surface area contributed by atoms with Gasteiger partial charge in [0.05, 0.1) is 18.9 Å². The van der Waals surface area contributed by atoms with E-state index in [1.165, 1.54) is 24.2 Å². The van der Waals surface area contributed by atoms with Crippen molar-refractivity contribution in [3.63, 3.8) is 0 Å². The Labute approximate surface area is 246 Å². The smallest absolute Gasteiger partial charge is 0.305 e. The van der Waals surface area contributed by atoms with Crippen molar-refractivity contribution in [2.45, 2.75) is 92.7 Å². The monoisotopic (exact) mass is 569 g/mol. The minimum Gasteiger partial charge on any atom is -0.469 e. The fourth-order valence-electron chi connectivity index (χ4n) is 3.48. The van der Waals surface area contributed by atoms with Crippen LogP contribution in [0.25, 0.3) is 0 Å². The van der Waals surface area contributed by atoms with Crippen molar-refractivity contribution in [1.29, 1.82) is 0 Å². The third kappa shape index (κ3) is 16.1. The van der Waals surface area contributed by atoms with E-state index >= 15 is 0 Å². The Bertz CT molecular complexity index is 1080. The lowest BCUT2D eigenvalue weighted by atomic mass is 10.1. The third-order valence-corrected chi connectivity index (χ3v) is 5.90. The van der Waals surface area contributed by atoms with Crippen LogP contribution < -0.4 is 0 Å². The first kappa shape index (κ1) is 37.2. The van der Waals surface area contributed by atoms with E-state index in [1.54, 1.807) is 26.1 Å². The maximum atomic E-state index is 13.7. The number of methoxy groups -OCH3 is 1. The number of unbranched alkanes of at least 4 members (excludes halogenated alkanes) is 1. The number of amidine groups is 1. The van der Waals surface area contributed by atoms with Crippen molar-refractivity contribution >= 4 is 23.9 Å². The molecule has 0 rings (SSSR count). The molecular formula is C33H48FN3O4. The van der Waals surface area contributed by atoms with Gasteiger partial charge in [-0.05, 0) is 84.1 Å². The van der Waals surface area contributed by atoms with Gasteiger partial charge in [-0.15, -0.1) is 0 Å². The van der Waals surface area contributed by atoms with Crippen LogP contribution in [0.1, 0.15) is 80.6 Å². The Kier molecular flexibility index (Phi) is 20.8. The van der Waals surface area contributed by atoms with Crippen LogP contribution in [0.5, 0.6) is 0 Å². The number of hydrogen-bond acceptors (Lipinski definition) is 6. The second-order valence-electron chi connectivity index (χ2n) is 9.11. The van der Waals surface area contributed by atoms with Crippen molar-refractivity contribution in [1.82, 2.24) is 4.90 Å². The number of amides is 1. The molecule has 41 heavy (non-hydrogen) atoms. The number of nitrogens with zero attached hydrogens (tertiary/aromatic N) is 3. The largest absolute Gasteiger partial charge is 0.469 e. The number of allylic oxidation sites excluding steroid dienone is 10. The molecule has 0 aliphatic rings. The highest BCUT2D eigenvalue weighted by Crippen LogP contribution is 2.14. The van der Waals surface area contributed by atoms with Crippen LogP contribution in [0.2, 0.25) is 0 Å². The second-order valence-corrected chi connectivity index (χ2v) is 9.11. The number of carbonyl (C=O) groups excluding carboxylic acids is 2. The highest BCUT2D eigenvalue weighted by Gasteiger charge is 2.16. The molecule has 0 N–H and O–H groups in total. The van der Waals surface area contributed by atoms with Gasteiger partial charge in [0.1, 0.15) is 17.8 Å². The molecule has 0 radical (unpaired) electrons. The minimum atomic E-state index is -0.439. The van der Waals surface area contributed by atoms with Crippen LogP contribution >= 0.6 is 0 Å². The number of aliphatic imine (C=N–C) groups is 1. The van der Waals surface area contributed by atoms with Gasteiger partial charge in [0, 0.05) is 19.0 Å². The molecule has 0 bridgehead atoms. The Morgan fingerprint density at radius 2 is 1.76 bits per heavy atom. The van der Waals surface area contributed by atoms with Gasteiger partial charge in [0.15, 0.2) is 0 Å². The number of halogens is 1. The van der Waals surface area contributed by atoms with Gasteiger partial charge in [-0.25, -0.2) is 9.38 Å². The van der Waals surface area contributed by atoms with Crippen LogP contribution in [0.4, 0.5) is 4.39 Å². The summed E-state index contributed by atoms with van der Waals surface area (Å²) in [7, 11) is 1.35. The van der Waals surface area contributed by atoms with Gasteiger partial charge in [-0.2, -0.15) is 0 Å². The average Bonchev–Trinajstić information content (AvgIpc) is 2.97. The summed E-state index contributed by atoms with van der Waals surface area (Å²) in [5.41, 5.74) is 2.60. The van der Waals surface area contributed by atoms with Crippen LogP contribution in [-0.4, -0.2) is 48.1 Å². The average molecular weight is 570 g/mol. The summed E-state index contributed by atoms with van der Waals surface area (Å²) in [5.74, 6) is -0.192. The summed E-state index contributed by atoms with van der Waals surface area (Å²) in [6.45, 7) is 13.1. The van der Waals surface area contributed by atoms with Gasteiger partial charge < -0.3 is 9.57 Å². The molecule has 0 aromatic carbocycles. The molecule has 8 heteroatoms. The molecule has 0 saturated heterocycles. The van der Waals surface area contributed by atoms with Crippen LogP contribution in [-0.2, 0) is 19.2 Å². The SMILES string of the molecule is C\C=C/C(=C\CC)C(/C)=N/OC(C)C(/C=C/N=C(/CCCCC(=O)OC)N(C=O)C(C)/C=C\C(F)=C/C)=C/C=C/C. The van der Waals surface area contributed by atoms with Gasteiger partial charge in [-0.1, -0.05) is 60.7 Å². The van der Waals surface area contributed by atoms with Crippen molar-refractivity contribution in [3.8, 4) is 0 Å². The van der Waals surface area contributed by atoms with Gasteiger partial charge in [-0.3, -0.25) is 14.5 Å². The van der Waals surface area contributed by atoms with Crippen LogP contribution in [0.3, 0.4) is 0 Å². The molecule has 0 heterocycles. The summed E-state index contributed by atoms with van der Waals surface area (Å²) >= 11 is 0. The molecule has 2 atom stereocenters. The van der Waals surface area contributed by atoms with Crippen LogP contribution in [0, 0.1) is 0 Å². The molecular weight excluding hydrogens is 521 g/mol. The molecule has 2 unspecified atom stereocenters. The molecule has 0 aromatic rings. The van der Waals surface area contributed by atoms with E-state index in [1.807, 2.05) is 64.2 Å². The maximum Gasteiger partial charge on any atom is 0.305 e. The topological polar surface area (TPSA) is 80.6 Å². The number of esters is 1. The molecule has 0 fully saturated rings. The lowest BCUT2D eigenvalue weighted by molar-refractivity contribution is -0.140. The summed E-state index contributed by atoms with van der Waals surface area (Å²) in [5, 5.41) is 4.34. The number of oxime groups is 1. The van der Waals surface area contributed by atoms with Crippen molar-refractivity contribution in [2.24, 2.45) is 10.1 Å². The Morgan fingerprint density at radius 3 is 2.34 bits per heavy atom. The molecule has 0 aromatic heterocycles. The first-order valence-corrected chi connectivity index (χ1v) is 14.1. The molecule has 0 aliphatic heterocycles. The predicted octanol–water partition coefficient (Wildman–Crippen LogP) is 8.10. The van der Waals surface area contributed by atoms with E-state index in [-0.39, 0.29) is 18.5 Å². The first-order valence-electron chi connectivity index (χ1n) is 14.1. The Hall–Kier alpha value is -3.81. The van der Waals surface area contributed by atoms with Crippen molar-refractivity contribution in [3.05, 3.63) is 83.9 Å². The number of rotatable bonds is 18. The molecule has 0 saturated carbocycles. The molecule has 0 spiro atoms. The zero-order valence-corrected chi connectivity index (χ0v) is 26.0. The standard InChI is InChI=1S/C33H48FN3O4/c1-9-13-18-30(28(7)41-36-27(6)29(16-10-2)17-11-3)23-24-35-32(19-14-15-20-33(39)40-8)37(25-38)26(5)21-22-31(34)12-4/h9-10,12-13,16-18,21-26,28H,11,14-15,19-20H2,1-8H3/b13-9+,16-10-,22-21-,24-23+,29-17+,30-18+,31-12+,35-32-,36-27+. The zero-order chi connectivity index (χ0) is 31.0. The van der Waals surface area contributed by atoms with Gasteiger partial charge >= 0.3 is 5.97 Å². The molecule has 0 aliphatic carbocycles. The van der Waals surface area contributed by atoms with E-state index in [9.17, 15) is 14.0 Å². The Balaban J connectivity index is 6.10. The predicted molar refractivity (Wildman–Crippen MR) is 168 cm³/mol. The summed E-state index contributed by atoms with van der Waals surface area (Å²) in [6, 6.07) is -0.439. The molecule has 7 nitrogen and oxygen atoms in total. The highest BCUT2D eigenvalue weighted by molar-refractivity contribution is 6.00. The zero-order valence-electron chi connectivity index (χ0n) is 26.0. The van der Waals surface area contributed by atoms with E-state index < -0.39 is 11.9 Å². The molecule has 1 amide bonds. The summed E-state index contributed by atoms with van der Waals surface area (Å²) in [6.07, 6.45) is 22.5. The van der Waals surface area contributed by atoms with E-state index in [0.717, 1.165) is 23.3 Å². The fraction of sp³-hybridized carbons (Fsp3) is 0.455. The van der Waals surface area contributed by atoms with E-state index in [2.05, 4.69) is 23.1 Å². The lowest BCUT2D eigenvalue weighted by Crippen LogP contribution is -2.36. The lowest BCUT2D eigenvalue weighted by Gasteiger charge is -2.24. The highest BCUT2D eigenvalue weighted by atomic mass is 19.1. The minimum absolute atomic E-state index is 0.275. The second kappa shape index (κ2) is 22.9. The quantitative estimate of drug-likeness (QED) is 0.0318. The van der Waals surface area contributed by atoms with Gasteiger partial charge in [0.25, 0.3) is 0 Å². The summed E-state index contributed by atoms with van der Waals surface area (Å²) < 4.78 is 18.4. The van der Waals surface area contributed by atoms with Crippen LogP contribution in [0.15, 0.2) is 94.1 Å². The normalized spacial score (nSPS) is 15.8. The number of hydrogen-bond donors (Lipinski definition) is 0.